The fraction of sp³-hybridized carbons (Fsp3) is 0.647. The van der Waals surface area contributed by atoms with E-state index in [-0.39, 0.29) is 0 Å². The smallest absolute Gasteiger partial charge is 0.0438 e. The summed E-state index contributed by atoms with van der Waals surface area (Å²) in [7, 11) is 0. The number of benzene rings is 1. The molecule has 1 saturated heterocycles. The topological polar surface area (TPSA) is 29.3 Å². The Morgan fingerprint density at radius 1 is 1.30 bits per heavy atom. The molecule has 1 fully saturated rings. The van der Waals surface area contributed by atoms with E-state index in [9.17, 15) is 0 Å². The van der Waals surface area contributed by atoms with Crippen LogP contribution in [0.1, 0.15) is 37.3 Å². The zero-order valence-electron chi connectivity index (χ0n) is 12.9. The minimum atomic E-state index is 0.381. The van der Waals surface area contributed by atoms with Crippen LogP contribution in [0.3, 0.4) is 0 Å². The molecule has 1 aliphatic heterocycles. The third-order valence-electron chi connectivity index (χ3n) is 4.46. The van der Waals surface area contributed by atoms with Crippen molar-refractivity contribution in [2.45, 2.75) is 33.1 Å². The number of rotatable bonds is 4. The highest BCUT2D eigenvalue weighted by Gasteiger charge is 2.24. The highest BCUT2D eigenvalue weighted by molar-refractivity contribution is 6.31. The monoisotopic (exact) mass is 294 g/mol. The molecular formula is C17H27ClN2. The van der Waals surface area contributed by atoms with E-state index < -0.39 is 0 Å². The zero-order valence-corrected chi connectivity index (χ0v) is 13.7. The molecule has 3 atom stereocenters. The third-order valence-corrected chi connectivity index (χ3v) is 4.87. The van der Waals surface area contributed by atoms with Gasteiger partial charge < -0.3 is 10.6 Å². The Hall–Kier alpha value is -0.570. The molecule has 2 rings (SSSR count). The number of likely N-dealkylation sites (tertiary alicyclic amines) is 1. The molecule has 0 radical (unpaired) electrons. The molecule has 0 saturated carbocycles. The molecule has 20 heavy (non-hydrogen) atoms. The lowest BCUT2D eigenvalue weighted by Gasteiger charge is -2.37. The van der Waals surface area contributed by atoms with E-state index in [0.29, 0.717) is 12.5 Å². The van der Waals surface area contributed by atoms with Crippen molar-refractivity contribution in [2.24, 2.45) is 17.6 Å². The first-order valence-electron chi connectivity index (χ1n) is 7.68. The van der Waals surface area contributed by atoms with Gasteiger partial charge in [0.2, 0.25) is 0 Å². The maximum absolute atomic E-state index is 6.25. The van der Waals surface area contributed by atoms with Gasteiger partial charge in [-0.05, 0) is 42.4 Å². The predicted octanol–water partition coefficient (Wildman–Crippen LogP) is 3.67. The van der Waals surface area contributed by atoms with Crippen molar-refractivity contribution >= 4 is 11.6 Å². The Kier molecular flexibility index (Phi) is 5.48. The molecule has 2 nitrogen and oxygen atoms in total. The average molecular weight is 295 g/mol. The largest absolute Gasteiger partial charge is 0.330 e. The lowest BCUT2D eigenvalue weighted by Crippen LogP contribution is -2.42. The van der Waals surface area contributed by atoms with Crippen LogP contribution in [0.5, 0.6) is 0 Å². The van der Waals surface area contributed by atoms with Gasteiger partial charge in [0, 0.05) is 37.1 Å². The Labute approximate surface area is 128 Å². The molecule has 3 unspecified atom stereocenters. The first kappa shape index (κ1) is 15.8. The van der Waals surface area contributed by atoms with Crippen molar-refractivity contribution < 1.29 is 0 Å². The van der Waals surface area contributed by atoms with Gasteiger partial charge in [-0.1, -0.05) is 37.6 Å². The molecule has 112 valence electrons. The average Bonchev–Trinajstić information content (AvgIpc) is 2.38. The van der Waals surface area contributed by atoms with Crippen LogP contribution in [0, 0.1) is 18.8 Å². The quantitative estimate of drug-likeness (QED) is 0.918. The molecular weight excluding hydrogens is 268 g/mol. The van der Waals surface area contributed by atoms with E-state index in [1.165, 1.54) is 30.6 Å². The number of nitrogens with zero attached hydrogens (tertiary/aromatic N) is 1. The van der Waals surface area contributed by atoms with Crippen LogP contribution in [0.15, 0.2) is 18.2 Å². The maximum atomic E-state index is 6.25. The Morgan fingerprint density at radius 3 is 2.55 bits per heavy atom. The van der Waals surface area contributed by atoms with E-state index in [2.05, 4.69) is 31.7 Å². The number of hydrogen-bond acceptors (Lipinski definition) is 2. The summed E-state index contributed by atoms with van der Waals surface area (Å²) >= 11 is 6.25. The van der Waals surface area contributed by atoms with Crippen LogP contribution in [-0.4, -0.2) is 31.1 Å². The van der Waals surface area contributed by atoms with Crippen molar-refractivity contribution in [3.8, 4) is 0 Å². The van der Waals surface area contributed by atoms with Crippen molar-refractivity contribution in [3.63, 3.8) is 0 Å². The van der Waals surface area contributed by atoms with Crippen LogP contribution in [-0.2, 0) is 0 Å². The molecule has 2 N–H and O–H groups in total. The summed E-state index contributed by atoms with van der Waals surface area (Å²) in [6.07, 6.45) is 1.35. The van der Waals surface area contributed by atoms with Crippen molar-refractivity contribution in [3.05, 3.63) is 34.3 Å². The summed E-state index contributed by atoms with van der Waals surface area (Å²) in [6.45, 7) is 10.9. The molecule has 3 heteroatoms. The van der Waals surface area contributed by atoms with Crippen molar-refractivity contribution in [1.82, 2.24) is 4.90 Å². The van der Waals surface area contributed by atoms with Gasteiger partial charge in [-0.2, -0.15) is 0 Å². The van der Waals surface area contributed by atoms with Gasteiger partial charge in [-0.15, -0.1) is 0 Å². The molecule has 0 amide bonds. The highest BCUT2D eigenvalue weighted by Crippen LogP contribution is 2.28. The van der Waals surface area contributed by atoms with E-state index in [1.54, 1.807) is 0 Å². The normalized spacial score (nSPS) is 25.6. The highest BCUT2D eigenvalue weighted by atomic mass is 35.5. The van der Waals surface area contributed by atoms with Crippen LogP contribution in [0.4, 0.5) is 0 Å². The molecule has 0 aromatic heterocycles. The minimum Gasteiger partial charge on any atom is -0.330 e. The number of nitrogens with two attached hydrogens (primary N) is 1. The molecule has 0 bridgehead atoms. The van der Waals surface area contributed by atoms with Gasteiger partial charge in [0.15, 0.2) is 0 Å². The first-order valence-corrected chi connectivity index (χ1v) is 8.06. The summed E-state index contributed by atoms with van der Waals surface area (Å²) in [5, 5.41) is 0.848. The van der Waals surface area contributed by atoms with Gasteiger partial charge in [0.25, 0.3) is 0 Å². The summed E-state index contributed by atoms with van der Waals surface area (Å²) in [4.78, 5) is 2.58. The van der Waals surface area contributed by atoms with Gasteiger partial charge in [-0.25, -0.2) is 0 Å². The second kappa shape index (κ2) is 6.93. The maximum Gasteiger partial charge on any atom is 0.0438 e. The third kappa shape index (κ3) is 3.75. The van der Waals surface area contributed by atoms with E-state index in [1.807, 2.05) is 12.1 Å². The predicted molar refractivity (Wildman–Crippen MR) is 87.4 cm³/mol. The van der Waals surface area contributed by atoms with Crippen LogP contribution in [0.2, 0.25) is 5.02 Å². The number of hydrogen-bond donors (Lipinski definition) is 1. The summed E-state index contributed by atoms with van der Waals surface area (Å²) in [5.41, 5.74) is 8.53. The summed E-state index contributed by atoms with van der Waals surface area (Å²) in [6, 6.07) is 6.17. The summed E-state index contributed by atoms with van der Waals surface area (Å²) < 4.78 is 0. The van der Waals surface area contributed by atoms with Crippen molar-refractivity contribution in [1.29, 1.82) is 0 Å². The Bertz CT molecular complexity index is 437. The van der Waals surface area contributed by atoms with Crippen LogP contribution >= 0.6 is 11.6 Å². The second-order valence-corrected chi connectivity index (χ2v) is 6.96. The second-order valence-electron chi connectivity index (χ2n) is 6.55. The van der Waals surface area contributed by atoms with E-state index >= 15 is 0 Å². The lowest BCUT2D eigenvalue weighted by atomic mass is 9.89. The fourth-order valence-corrected chi connectivity index (χ4v) is 3.80. The Balaban J connectivity index is 2.10. The van der Waals surface area contributed by atoms with Crippen LogP contribution in [0.25, 0.3) is 0 Å². The SMILES string of the molecule is Cc1c(Cl)cccc1C(CN)CN1CC(C)CC(C)C1. The van der Waals surface area contributed by atoms with Gasteiger partial charge in [-0.3, -0.25) is 0 Å². The molecule has 0 spiro atoms. The molecule has 1 aromatic rings. The Morgan fingerprint density at radius 2 is 1.95 bits per heavy atom. The van der Waals surface area contributed by atoms with Gasteiger partial charge >= 0.3 is 0 Å². The molecule has 0 aliphatic carbocycles. The van der Waals surface area contributed by atoms with Crippen LogP contribution < -0.4 is 5.73 Å². The van der Waals surface area contributed by atoms with Crippen molar-refractivity contribution in [2.75, 3.05) is 26.2 Å². The first-order chi connectivity index (χ1) is 9.51. The molecule has 1 heterocycles. The van der Waals surface area contributed by atoms with E-state index in [0.717, 1.165) is 23.4 Å². The standard InChI is InChI=1S/C17H27ClN2/c1-12-7-13(2)10-20(9-12)11-15(8-19)16-5-4-6-17(18)14(16)3/h4-6,12-13,15H,7-11,19H2,1-3H3. The molecule has 1 aliphatic rings. The lowest BCUT2D eigenvalue weighted by molar-refractivity contribution is 0.134. The van der Waals surface area contributed by atoms with E-state index in [4.69, 9.17) is 17.3 Å². The molecule has 1 aromatic carbocycles. The number of piperidine rings is 1. The minimum absolute atomic E-state index is 0.381. The van der Waals surface area contributed by atoms with Gasteiger partial charge in [0.05, 0.1) is 0 Å². The fourth-order valence-electron chi connectivity index (χ4n) is 3.62. The zero-order chi connectivity index (χ0) is 14.7. The number of halogens is 1. The summed E-state index contributed by atoms with van der Waals surface area (Å²) in [5.74, 6) is 1.96. The van der Waals surface area contributed by atoms with Gasteiger partial charge in [0.1, 0.15) is 0 Å².